The molecule has 0 radical (unpaired) electrons. The predicted octanol–water partition coefficient (Wildman–Crippen LogP) is 4.74. The van der Waals surface area contributed by atoms with Crippen molar-refractivity contribution in [2.24, 2.45) is 5.73 Å². The predicted molar refractivity (Wildman–Crippen MR) is 82.1 cm³/mol. The van der Waals surface area contributed by atoms with Gasteiger partial charge in [0.1, 0.15) is 4.99 Å². The minimum Gasteiger partial charge on any atom is -0.389 e. The third-order valence-corrected chi connectivity index (χ3v) is 3.20. The second-order valence-electron chi connectivity index (χ2n) is 4.22. The van der Waals surface area contributed by atoms with Gasteiger partial charge < -0.3 is 11.1 Å². The highest BCUT2D eigenvalue weighted by Crippen LogP contribution is 2.36. The van der Waals surface area contributed by atoms with Crippen LogP contribution >= 0.6 is 23.8 Å². The van der Waals surface area contributed by atoms with E-state index in [2.05, 4.69) is 5.32 Å². The van der Waals surface area contributed by atoms with Gasteiger partial charge in [0, 0.05) is 10.6 Å². The van der Waals surface area contributed by atoms with Crippen LogP contribution in [-0.2, 0) is 6.18 Å². The molecule has 110 valence electrons. The summed E-state index contributed by atoms with van der Waals surface area (Å²) in [5.41, 5.74) is 5.44. The van der Waals surface area contributed by atoms with Crippen LogP contribution in [0.3, 0.4) is 0 Å². The van der Waals surface area contributed by atoms with E-state index in [9.17, 15) is 13.2 Å². The second-order valence-corrected chi connectivity index (χ2v) is 5.10. The van der Waals surface area contributed by atoms with Gasteiger partial charge in [-0.1, -0.05) is 36.0 Å². The Bertz CT molecular complexity index is 686. The van der Waals surface area contributed by atoms with E-state index in [-0.39, 0.29) is 10.7 Å². The van der Waals surface area contributed by atoms with Crippen LogP contribution in [0.25, 0.3) is 0 Å². The Hall–Kier alpha value is -1.79. The minimum atomic E-state index is -4.47. The molecule has 0 fully saturated rings. The Morgan fingerprint density at radius 1 is 1.10 bits per heavy atom. The van der Waals surface area contributed by atoms with E-state index in [1.165, 1.54) is 24.3 Å². The summed E-state index contributed by atoms with van der Waals surface area (Å²) in [6.45, 7) is 0. The molecule has 0 atom stereocenters. The van der Waals surface area contributed by atoms with Gasteiger partial charge in [0.05, 0.1) is 16.9 Å². The number of thiocarbonyl (C=S) groups is 1. The van der Waals surface area contributed by atoms with Crippen LogP contribution in [0.5, 0.6) is 0 Å². The fourth-order valence-electron chi connectivity index (χ4n) is 1.82. The molecule has 0 saturated heterocycles. The highest BCUT2D eigenvalue weighted by atomic mass is 35.5. The summed E-state index contributed by atoms with van der Waals surface area (Å²) in [7, 11) is 0. The first-order chi connectivity index (χ1) is 9.79. The minimum absolute atomic E-state index is 0.0682. The molecule has 2 nitrogen and oxygen atoms in total. The molecule has 0 unspecified atom stereocenters. The highest BCUT2D eigenvalue weighted by Gasteiger charge is 2.33. The highest BCUT2D eigenvalue weighted by molar-refractivity contribution is 7.80. The van der Waals surface area contributed by atoms with Crippen LogP contribution in [0, 0.1) is 0 Å². The van der Waals surface area contributed by atoms with E-state index in [1.807, 2.05) is 0 Å². The molecular formula is C14H10ClF3N2S. The number of rotatable bonds is 3. The first-order valence-corrected chi connectivity index (χ1v) is 6.60. The number of nitrogens with two attached hydrogens (primary N) is 1. The maximum Gasteiger partial charge on any atom is 0.418 e. The molecule has 0 heterocycles. The standard InChI is InChI=1S/C14H10ClF3N2S/c15-8-5-6-9(13(19)21)12(7-8)20-11-4-2-1-3-10(11)14(16,17)18/h1-7,20H,(H2,19,21). The SMILES string of the molecule is NC(=S)c1ccc(Cl)cc1Nc1ccccc1C(F)(F)F. The van der Waals surface area contributed by atoms with E-state index in [0.29, 0.717) is 16.3 Å². The quantitative estimate of drug-likeness (QED) is 0.798. The summed E-state index contributed by atoms with van der Waals surface area (Å²) in [5, 5.41) is 3.06. The van der Waals surface area contributed by atoms with Gasteiger partial charge in [-0.15, -0.1) is 0 Å². The van der Waals surface area contributed by atoms with Crippen molar-refractivity contribution in [1.82, 2.24) is 0 Å². The summed E-state index contributed by atoms with van der Waals surface area (Å²) in [6.07, 6.45) is -4.47. The number of anilines is 2. The Morgan fingerprint density at radius 2 is 1.76 bits per heavy atom. The van der Waals surface area contributed by atoms with E-state index in [4.69, 9.17) is 29.6 Å². The number of benzene rings is 2. The summed E-state index contributed by atoms with van der Waals surface area (Å²) in [5.74, 6) is 0. The number of hydrogen-bond acceptors (Lipinski definition) is 2. The van der Waals surface area contributed by atoms with Gasteiger partial charge in [0.15, 0.2) is 0 Å². The maximum absolute atomic E-state index is 13.0. The maximum atomic E-state index is 13.0. The van der Waals surface area contributed by atoms with E-state index in [0.717, 1.165) is 6.07 Å². The lowest BCUT2D eigenvalue weighted by Crippen LogP contribution is -2.13. The first-order valence-electron chi connectivity index (χ1n) is 5.81. The number of nitrogens with one attached hydrogen (secondary N) is 1. The Kier molecular flexibility index (Phi) is 4.39. The molecule has 0 aliphatic rings. The zero-order valence-electron chi connectivity index (χ0n) is 10.5. The molecule has 0 spiro atoms. The lowest BCUT2D eigenvalue weighted by Gasteiger charge is -2.16. The van der Waals surface area contributed by atoms with E-state index in [1.54, 1.807) is 12.1 Å². The molecule has 21 heavy (non-hydrogen) atoms. The van der Waals surface area contributed by atoms with Gasteiger partial charge in [-0.2, -0.15) is 13.2 Å². The summed E-state index contributed by atoms with van der Waals surface area (Å²) in [4.78, 5) is 0.0682. The number of halogens is 4. The van der Waals surface area contributed by atoms with Gasteiger partial charge in [-0.3, -0.25) is 0 Å². The molecule has 3 N–H and O–H groups in total. The van der Waals surface area contributed by atoms with Crippen LogP contribution in [0.4, 0.5) is 24.5 Å². The van der Waals surface area contributed by atoms with Crippen LogP contribution < -0.4 is 11.1 Å². The smallest absolute Gasteiger partial charge is 0.389 e. The summed E-state index contributed by atoms with van der Waals surface area (Å²) < 4.78 is 38.9. The number of hydrogen-bond donors (Lipinski definition) is 2. The largest absolute Gasteiger partial charge is 0.418 e. The molecule has 2 rings (SSSR count). The van der Waals surface area contributed by atoms with E-state index >= 15 is 0 Å². The van der Waals surface area contributed by atoms with Crippen molar-refractivity contribution in [1.29, 1.82) is 0 Å². The van der Waals surface area contributed by atoms with E-state index < -0.39 is 11.7 Å². The summed E-state index contributed by atoms with van der Waals surface area (Å²) >= 11 is 10.8. The van der Waals surface area contributed by atoms with Crippen molar-refractivity contribution >= 4 is 40.2 Å². The fraction of sp³-hybridized carbons (Fsp3) is 0.0714. The van der Waals surface area contributed by atoms with Crippen molar-refractivity contribution < 1.29 is 13.2 Å². The monoisotopic (exact) mass is 330 g/mol. The van der Waals surface area contributed by atoms with Gasteiger partial charge in [-0.05, 0) is 30.3 Å². The Morgan fingerprint density at radius 3 is 2.38 bits per heavy atom. The lowest BCUT2D eigenvalue weighted by atomic mass is 10.1. The van der Waals surface area contributed by atoms with Crippen LogP contribution in [0.15, 0.2) is 42.5 Å². The average Bonchev–Trinajstić information content (AvgIpc) is 2.37. The Labute approximate surface area is 129 Å². The van der Waals surface area contributed by atoms with Crippen molar-refractivity contribution in [2.45, 2.75) is 6.18 Å². The molecular weight excluding hydrogens is 321 g/mol. The molecule has 0 bridgehead atoms. The average molecular weight is 331 g/mol. The molecule has 2 aromatic carbocycles. The lowest BCUT2D eigenvalue weighted by molar-refractivity contribution is -0.136. The Balaban J connectivity index is 2.49. The van der Waals surface area contributed by atoms with Crippen molar-refractivity contribution in [3.63, 3.8) is 0 Å². The number of alkyl halides is 3. The molecule has 0 aromatic heterocycles. The van der Waals surface area contributed by atoms with Crippen LogP contribution in [0.1, 0.15) is 11.1 Å². The van der Waals surface area contributed by atoms with Gasteiger partial charge in [-0.25, -0.2) is 0 Å². The van der Waals surface area contributed by atoms with Crippen LogP contribution in [0.2, 0.25) is 5.02 Å². The third kappa shape index (κ3) is 3.65. The number of para-hydroxylation sites is 1. The van der Waals surface area contributed by atoms with Gasteiger partial charge in [0.25, 0.3) is 0 Å². The van der Waals surface area contributed by atoms with Gasteiger partial charge in [0.2, 0.25) is 0 Å². The zero-order valence-corrected chi connectivity index (χ0v) is 12.1. The van der Waals surface area contributed by atoms with Crippen molar-refractivity contribution in [3.8, 4) is 0 Å². The van der Waals surface area contributed by atoms with Crippen molar-refractivity contribution in [2.75, 3.05) is 5.32 Å². The molecule has 0 saturated carbocycles. The van der Waals surface area contributed by atoms with Crippen LogP contribution in [-0.4, -0.2) is 4.99 Å². The first kappa shape index (κ1) is 15.6. The summed E-state index contributed by atoms with van der Waals surface area (Å²) in [6, 6.07) is 9.74. The van der Waals surface area contributed by atoms with Crippen molar-refractivity contribution in [3.05, 3.63) is 58.6 Å². The molecule has 0 amide bonds. The molecule has 0 aliphatic carbocycles. The topological polar surface area (TPSA) is 38.0 Å². The normalized spacial score (nSPS) is 11.2. The zero-order chi connectivity index (χ0) is 15.6. The fourth-order valence-corrected chi connectivity index (χ4v) is 2.17. The molecule has 0 aliphatic heterocycles. The second kappa shape index (κ2) is 5.91. The van der Waals surface area contributed by atoms with Gasteiger partial charge >= 0.3 is 6.18 Å². The molecule has 7 heteroatoms. The third-order valence-electron chi connectivity index (χ3n) is 2.75. The molecule has 2 aromatic rings.